The Morgan fingerprint density at radius 1 is 1.12 bits per heavy atom. The largest absolute Gasteiger partial charge is 0.419 e. The summed E-state index contributed by atoms with van der Waals surface area (Å²) < 4.78 is 37.3. The van der Waals surface area contributed by atoms with Crippen LogP contribution < -0.4 is 20.9 Å². The number of aromatic amines is 1. The fraction of sp³-hybridized carbons (Fsp3) is 0.200. The van der Waals surface area contributed by atoms with Gasteiger partial charge in [-0.05, 0) is 18.2 Å². The summed E-state index contributed by atoms with van der Waals surface area (Å²) in [6, 6.07) is 8.63. The van der Waals surface area contributed by atoms with Crippen molar-refractivity contribution in [2.24, 2.45) is 0 Å². The number of nitrogens with one attached hydrogen (secondary N) is 4. The lowest BCUT2D eigenvalue weighted by molar-refractivity contribution is -0.364. The number of rotatable bonds is 5. The van der Waals surface area contributed by atoms with E-state index in [1.165, 1.54) is 6.07 Å². The lowest BCUT2D eigenvalue weighted by Gasteiger charge is -2.08. The van der Waals surface area contributed by atoms with Gasteiger partial charge in [0.15, 0.2) is 0 Å². The van der Waals surface area contributed by atoms with E-state index in [0.29, 0.717) is 23.1 Å². The number of carbonyl (C=O) groups is 1. The number of urea groups is 1. The maximum absolute atomic E-state index is 12.4. The number of aromatic nitrogens is 1. The van der Waals surface area contributed by atoms with Crippen LogP contribution in [0.2, 0.25) is 5.02 Å². The van der Waals surface area contributed by atoms with Gasteiger partial charge in [-0.15, -0.1) is 0 Å². The van der Waals surface area contributed by atoms with Gasteiger partial charge in [0.05, 0.1) is 22.8 Å². The maximum atomic E-state index is 12.4. The van der Waals surface area contributed by atoms with E-state index < -0.39 is 17.8 Å². The van der Waals surface area contributed by atoms with E-state index in [4.69, 9.17) is 11.6 Å². The summed E-state index contributed by atoms with van der Waals surface area (Å²) >= 11 is 5.92. The van der Waals surface area contributed by atoms with Crippen LogP contribution in [0.4, 0.5) is 29.5 Å². The van der Waals surface area contributed by atoms with Crippen molar-refractivity contribution in [2.45, 2.75) is 6.18 Å². The van der Waals surface area contributed by atoms with Crippen LogP contribution >= 0.6 is 11.6 Å². The number of benzene rings is 1. The van der Waals surface area contributed by atoms with Gasteiger partial charge in [0.25, 0.3) is 5.82 Å². The maximum Gasteiger partial charge on any atom is 0.419 e. The van der Waals surface area contributed by atoms with E-state index >= 15 is 0 Å². The van der Waals surface area contributed by atoms with Crippen LogP contribution in [0.3, 0.4) is 0 Å². The highest BCUT2D eigenvalue weighted by atomic mass is 35.5. The second kappa shape index (κ2) is 7.87. The lowest BCUT2D eigenvalue weighted by atomic mass is 10.3. The first-order valence-electron chi connectivity index (χ1n) is 6.98. The molecule has 0 atom stereocenters. The summed E-state index contributed by atoms with van der Waals surface area (Å²) in [5.74, 6) is 0.413. The minimum atomic E-state index is -4.38. The van der Waals surface area contributed by atoms with E-state index in [1.807, 2.05) is 0 Å². The molecule has 1 aromatic carbocycles. The van der Waals surface area contributed by atoms with E-state index in [0.717, 1.165) is 12.3 Å². The monoisotopic (exact) mass is 359 g/mol. The minimum Gasteiger partial charge on any atom is -0.334 e. The molecule has 0 aliphatic carbocycles. The van der Waals surface area contributed by atoms with Crippen LogP contribution in [0.5, 0.6) is 0 Å². The molecule has 0 aliphatic rings. The molecule has 0 spiro atoms. The lowest BCUT2D eigenvalue weighted by Crippen LogP contribution is -2.33. The summed E-state index contributed by atoms with van der Waals surface area (Å²) in [5.41, 5.74) is -0.272. The third kappa shape index (κ3) is 5.31. The highest BCUT2D eigenvalue weighted by Gasteiger charge is 2.31. The molecule has 0 bridgehead atoms. The topological polar surface area (TPSA) is 67.3 Å². The van der Waals surface area contributed by atoms with Crippen LogP contribution in [0.25, 0.3) is 0 Å². The second-order valence-corrected chi connectivity index (χ2v) is 5.18. The first-order valence-corrected chi connectivity index (χ1v) is 7.36. The van der Waals surface area contributed by atoms with Crippen LogP contribution in [-0.2, 0) is 6.18 Å². The highest BCUT2D eigenvalue weighted by molar-refractivity contribution is 6.33. The van der Waals surface area contributed by atoms with Crippen molar-refractivity contribution in [3.8, 4) is 0 Å². The summed E-state index contributed by atoms with van der Waals surface area (Å²) in [6.07, 6.45) is -3.51. The number of anilines is 2. The summed E-state index contributed by atoms with van der Waals surface area (Å²) in [5, 5.41) is 8.47. The van der Waals surface area contributed by atoms with Crippen LogP contribution in [-0.4, -0.2) is 19.1 Å². The number of hydrogen-bond acceptors (Lipinski definition) is 2. The molecule has 0 unspecified atom stereocenters. The molecule has 1 heterocycles. The quantitative estimate of drug-likeness (QED) is 0.716. The van der Waals surface area contributed by atoms with Gasteiger partial charge in [-0.2, -0.15) is 13.2 Å². The van der Waals surface area contributed by atoms with Gasteiger partial charge in [-0.25, -0.2) is 9.78 Å². The molecule has 24 heavy (non-hydrogen) atoms. The third-order valence-corrected chi connectivity index (χ3v) is 3.32. The standard InChI is InChI=1S/C15H14ClF3N4O/c16-11-3-1-2-4-12(11)23-14(24)21-8-7-20-13-6-5-10(9-22-13)15(17,18)19/h1-6,9H,7-8H2,(H,20,22)(H2,21,23,24)/p+1. The molecule has 2 aromatic rings. The van der Waals surface area contributed by atoms with Crippen LogP contribution in [0, 0.1) is 0 Å². The van der Waals surface area contributed by atoms with Crippen molar-refractivity contribution in [3.05, 3.63) is 53.2 Å². The molecule has 4 N–H and O–H groups in total. The smallest absolute Gasteiger partial charge is 0.334 e. The van der Waals surface area contributed by atoms with Gasteiger partial charge in [0.2, 0.25) is 0 Å². The normalized spacial score (nSPS) is 11.0. The molecule has 1 aromatic heterocycles. The first-order chi connectivity index (χ1) is 11.4. The second-order valence-electron chi connectivity index (χ2n) is 4.78. The van der Waals surface area contributed by atoms with Crippen molar-refractivity contribution < 1.29 is 22.9 Å². The number of halogens is 4. The molecule has 0 saturated heterocycles. The fourth-order valence-corrected chi connectivity index (χ4v) is 2.00. The molecular formula is C15H15ClF3N4O+. The number of pyridine rings is 1. The zero-order valence-electron chi connectivity index (χ0n) is 12.4. The summed E-state index contributed by atoms with van der Waals surface area (Å²) in [7, 11) is 0. The Labute approximate surface area is 141 Å². The average molecular weight is 360 g/mol. The van der Waals surface area contributed by atoms with E-state index in [1.54, 1.807) is 24.3 Å². The highest BCUT2D eigenvalue weighted by Crippen LogP contribution is 2.27. The molecular weight excluding hydrogens is 345 g/mol. The average Bonchev–Trinajstić information content (AvgIpc) is 2.53. The number of hydrogen-bond donors (Lipinski definition) is 3. The Kier molecular flexibility index (Phi) is 5.86. The van der Waals surface area contributed by atoms with Gasteiger partial charge >= 0.3 is 12.2 Å². The van der Waals surface area contributed by atoms with Crippen molar-refractivity contribution in [1.82, 2.24) is 5.32 Å². The number of H-pyrrole nitrogens is 1. The van der Waals surface area contributed by atoms with E-state index in [-0.39, 0.29) is 6.54 Å². The minimum absolute atomic E-state index is 0.269. The SMILES string of the molecule is O=C(NCCNc1ccc(C(F)(F)F)c[nH+]1)Nc1ccccc1Cl. The van der Waals surface area contributed by atoms with E-state index in [2.05, 4.69) is 20.9 Å². The van der Waals surface area contributed by atoms with Crippen molar-refractivity contribution in [3.63, 3.8) is 0 Å². The van der Waals surface area contributed by atoms with Gasteiger partial charge in [0, 0.05) is 6.07 Å². The molecule has 0 radical (unpaired) electrons. The molecule has 9 heteroatoms. The van der Waals surface area contributed by atoms with Gasteiger partial charge in [-0.1, -0.05) is 23.7 Å². The number of para-hydroxylation sites is 1. The first kappa shape index (κ1) is 17.9. The zero-order chi connectivity index (χ0) is 17.6. The fourth-order valence-electron chi connectivity index (χ4n) is 1.81. The molecule has 0 aliphatic heterocycles. The molecule has 5 nitrogen and oxygen atoms in total. The van der Waals surface area contributed by atoms with Crippen molar-refractivity contribution >= 4 is 29.1 Å². The third-order valence-electron chi connectivity index (χ3n) is 2.99. The van der Waals surface area contributed by atoms with Crippen molar-refractivity contribution in [2.75, 3.05) is 23.7 Å². The molecule has 128 valence electrons. The molecule has 2 amide bonds. The summed E-state index contributed by atoms with van der Waals surface area (Å²) in [4.78, 5) is 14.2. The Hall–Kier alpha value is -2.48. The van der Waals surface area contributed by atoms with Crippen molar-refractivity contribution in [1.29, 1.82) is 0 Å². The number of carbonyl (C=O) groups excluding carboxylic acids is 1. The number of amides is 2. The predicted molar refractivity (Wildman–Crippen MR) is 85.0 cm³/mol. The number of alkyl halides is 3. The Balaban J connectivity index is 1.73. The molecule has 0 saturated carbocycles. The predicted octanol–water partition coefficient (Wildman–Crippen LogP) is 3.41. The molecule has 0 fully saturated rings. The Bertz CT molecular complexity index is 692. The van der Waals surface area contributed by atoms with Gasteiger partial charge in [-0.3, -0.25) is 5.32 Å². The Morgan fingerprint density at radius 2 is 1.88 bits per heavy atom. The summed E-state index contributed by atoms with van der Waals surface area (Å²) in [6.45, 7) is 0.600. The molecule has 2 rings (SSSR count). The van der Waals surface area contributed by atoms with Gasteiger partial charge in [0.1, 0.15) is 12.7 Å². The van der Waals surface area contributed by atoms with E-state index in [9.17, 15) is 18.0 Å². The Morgan fingerprint density at radius 3 is 2.50 bits per heavy atom. The van der Waals surface area contributed by atoms with Gasteiger partial charge < -0.3 is 10.6 Å². The van der Waals surface area contributed by atoms with Crippen LogP contribution in [0.15, 0.2) is 42.6 Å². The zero-order valence-corrected chi connectivity index (χ0v) is 13.1. The van der Waals surface area contributed by atoms with Crippen LogP contribution in [0.1, 0.15) is 5.56 Å².